The molecule has 6 nitrogen and oxygen atoms in total. The molecular formula is C13H24N4O2. The van der Waals surface area contributed by atoms with Crippen LogP contribution in [0.3, 0.4) is 0 Å². The first-order chi connectivity index (χ1) is 8.90. The van der Waals surface area contributed by atoms with Gasteiger partial charge in [-0.3, -0.25) is 10.1 Å². The van der Waals surface area contributed by atoms with Gasteiger partial charge in [-0.25, -0.2) is 0 Å². The molecule has 1 aromatic carbocycles. The van der Waals surface area contributed by atoms with E-state index in [1.54, 1.807) is 0 Å². The van der Waals surface area contributed by atoms with Gasteiger partial charge in [-0.15, -0.1) is 0 Å². The predicted octanol–water partition coefficient (Wildman–Crippen LogP) is 2.25. The second kappa shape index (κ2) is 8.31. The molecule has 0 bridgehead atoms. The molecule has 0 spiro atoms. The molecule has 0 fully saturated rings. The maximum atomic E-state index is 10.6. The number of nitro benzene ring substituents is 1. The van der Waals surface area contributed by atoms with Crippen molar-refractivity contribution >= 4 is 17.1 Å². The van der Waals surface area contributed by atoms with Crippen LogP contribution in [0.1, 0.15) is 31.9 Å². The SMILES string of the molecule is CCNCC.CCc1cc([N+](=O)[O-])c(N)c(N)c1C. The maximum Gasteiger partial charge on any atom is 0.294 e. The van der Waals surface area contributed by atoms with Crippen LogP contribution in [0.15, 0.2) is 6.07 Å². The summed E-state index contributed by atoms with van der Waals surface area (Å²) in [5.74, 6) is 0. The van der Waals surface area contributed by atoms with E-state index in [4.69, 9.17) is 11.5 Å². The van der Waals surface area contributed by atoms with Crippen LogP contribution in [0.4, 0.5) is 17.1 Å². The number of hydrogen-bond donors (Lipinski definition) is 3. The fraction of sp³-hybridized carbons (Fsp3) is 0.538. The van der Waals surface area contributed by atoms with Crippen molar-refractivity contribution in [3.63, 3.8) is 0 Å². The van der Waals surface area contributed by atoms with E-state index in [1.807, 2.05) is 13.8 Å². The average Bonchev–Trinajstić information content (AvgIpc) is 2.38. The molecule has 5 N–H and O–H groups in total. The number of anilines is 2. The average molecular weight is 268 g/mol. The van der Waals surface area contributed by atoms with Crippen molar-refractivity contribution < 1.29 is 4.92 Å². The molecule has 108 valence electrons. The molecule has 0 heterocycles. The van der Waals surface area contributed by atoms with Gasteiger partial charge in [-0.2, -0.15) is 0 Å². The Labute approximate surface area is 114 Å². The van der Waals surface area contributed by atoms with Gasteiger partial charge in [-0.05, 0) is 37.6 Å². The minimum Gasteiger partial charge on any atom is -0.397 e. The number of benzene rings is 1. The first-order valence-corrected chi connectivity index (χ1v) is 6.43. The molecule has 0 amide bonds. The first kappa shape index (κ1) is 17.2. The summed E-state index contributed by atoms with van der Waals surface area (Å²) in [6.45, 7) is 10.1. The van der Waals surface area contributed by atoms with Crippen LogP contribution in [-0.2, 0) is 6.42 Å². The number of nitro groups is 1. The Balaban J connectivity index is 0.000000555. The second-order valence-corrected chi connectivity index (χ2v) is 4.07. The predicted molar refractivity (Wildman–Crippen MR) is 80.3 cm³/mol. The van der Waals surface area contributed by atoms with E-state index in [0.717, 1.165) is 24.2 Å². The number of nitrogen functional groups attached to an aromatic ring is 2. The summed E-state index contributed by atoms with van der Waals surface area (Å²) in [5.41, 5.74) is 13.2. The maximum absolute atomic E-state index is 10.6. The third-order valence-corrected chi connectivity index (χ3v) is 2.84. The molecule has 0 saturated carbocycles. The van der Waals surface area contributed by atoms with Crippen LogP contribution >= 0.6 is 0 Å². The van der Waals surface area contributed by atoms with Gasteiger partial charge in [-0.1, -0.05) is 20.8 Å². The topological polar surface area (TPSA) is 107 Å². The Morgan fingerprint density at radius 1 is 1.21 bits per heavy atom. The highest BCUT2D eigenvalue weighted by molar-refractivity contribution is 5.78. The quantitative estimate of drug-likeness (QED) is 0.441. The Kier molecular flexibility index (Phi) is 7.52. The number of nitrogens with zero attached hydrogens (tertiary/aromatic N) is 1. The van der Waals surface area contributed by atoms with Gasteiger partial charge in [0.1, 0.15) is 5.69 Å². The second-order valence-electron chi connectivity index (χ2n) is 4.07. The molecule has 0 saturated heterocycles. The van der Waals surface area contributed by atoms with Crippen LogP contribution < -0.4 is 16.8 Å². The van der Waals surface area contributed by atoms with E-state index in [2.05, 4.69) is 19.2 Å². The van der Waals surface area contributed by atoms with E-state index in [0.29, 0.717) is 12.1 Å². The summed E-state index contributed by atoms with van der Waals surface area (Å²) in [4.78, 5) is 10.1. The monoisotopic (exact) mass is 268 g/mol. The number of hydrogen-bond acceptors (Lipinski definition) is 5. The lowest BCUT2D eigenvalue weighted by Crippen LogP contribution is -2.09. The summed E-state index contributed by atoms with van der Waals surface area (Å²) in [7, 11) is 0. The highest BCUT2D eigenvalue weighted by atomic mass is 16.6. The molecule has 0 unspecified atom stereocenters. The first-order valence-electron chi connectivity index (χ1n) is 6.43. The van der Waals surface area contributed by atoms with Gasteiger partial charge in [0.2, 0.25) is 0 Å². The summed E-state index contributed by atoms with van der Waals surface area (Å²) < 4.78 is 0. The highest BCUT2D eigenvalue weighted by Crippen LogP contribution is 2.32. The zero-order chi connectivity index (χ0) is 15.0. The van der Waals surface area contributed by atoms with Crippen molar-refractivity contribution in [2.24, 2.45) is 0 Å². The summed E-state index contributed by atoms with van der Waals surface area (Å²) in [6, 6.07) is 1.49. The van der Waals surface area contributed by atoms with Crippen molar-refractivity contribution in [3.8, 4) is 0 Å². The van der Waals surface area contributed by atoms with E-state index in [1.165, 1.54) is 6.07 Å². The molecule has 0 aliphatic heterocycles. The number of aryl methyl sites for hydroxylation is 1. The van der Waals surface area contributed by atoms with Gasteiger partial charge in [0.05, 0.1) is 10.6 Å². The lowest BCUT2D eigenvalue weighted by atomic mass is 10.0. The van der Waals surface area contributed by atoms with Gasteiger partial charge >= 0.3 is 0 Å². The van der Waals surface area contributed by atoms with Crippen molar-refractivity contribution in [3.05, 3.63) is 27.3 Å². The van der Waals surface area contributed by atoms with Gasteiger partial charge in [0.25, 0.3) is 5.69 Å². The minimum absolute atomic E-state index is 0.0599. The van der Waals surface area contributed by atoms with Crippen LogP contribution in [0.5, 0.6) is 0 Å². The van der Waals surface area contributed by atoms with Gasteiger partial charge in [0, 0.05) is 6.07 Å². The highest BCUT2D eigenvalue weighted by Gasteiger charge is 2.17. The molecule has 0 aliphatic rings. The Hall–Kier alpha value is -1.82. The third kappa shape index (κ3) is 4.75. The molecule has 6 heteroatoms. The zero-order valence-electron chi connectivity index (χ0n) is 12.1. The lowest BCUT2D eigenvalue weighted by Gasteiger charge is -2.09. The summed E-state index contributed by atoms with van der Waals surface area (Å²) in [5, 5.41) is 13.7. The molecule has 0 aromatic heterocycles. The van der Waals surface area contributed by atoms with Crippen LogP contribution in [-0.4, -0.2) is 18.0 Å². The van der Waals surface area contributed by atoms with E-state index in [-0.39, 0.29) is 11.4 Å². The fourth-order valence-electron chi connectivity index (χ4n) is 1.63. The molecular weight excluding hydrogens is 244 g/mol. The Morgan fingerprint density at radius 2 is 1.74 bits per heavy atom. The van der Waals surface area contributed by atoms with Gasteiger partial charge < -0.3 is 16.8 Å². The lowest BCUT2D eigenvalue weighted by molar-refractivity contribution is -0.383. The summed E-state index contributed by atoms with van der Waals surface area (Å²) >= 11 is 0. The minimum atomic E-state index is -0.510. The van der Waals surface area contributed by atoms with Crippen molar-refractivity contribution in [1.29, 1.82) is 0 Å². The molecule has 0 atom stereocenters. The largest absolute Gasteiger partial charge is 0.397 e. The van der Waals surface area contributed by atoms with E-state index >= 15 is 0 Å². The molecule has 19 heavy (non-hydrogen) atoms. The number of nitrogens with one attached hydrogen (secondary N) is 1. The molecule has 0 radical (unpaired) electrons. The van der Waals surface area contributed by atoms with Crippen LogP contribution in [0, 0.1) is 17.0 Å². The number of nitrogens with two attached hydrogens (primary N) is 2. The normalized spacial score (nSPS) is 9.68. The standard InChI is InChI=1S/C9H13N3O2.C4H11N/c1-3-6-4-7(12(13)14)9(11)8(10)5(6)2;1-3-5-4-2/h4H,3,10-11H2,1-2H3;5H,3-4H2,1-2H3. The molecule has 1 aromatic rings. The smallest absolute Gasteiger partial charge is 0.294 e. The zero-order valence-corrected chi connectivity index (χ0v) is 12.1. The van der Waals surface area contributed by atoms with Crippen LogP contribution in [0.2, 0.25) is 0 Å². The van der Waals surface area contributed by atoms with Gasteiger partial charge in [0.15, 0.2) is 0 Å². The fourth-order valence-corrected chi connectivity index (χ4v) is 1.63. The third-order valence-electron chi connectivity index (χ3n) is 2.84. The Morgan fingerprint density at radius 3 is 2.05 bits per heavy atom. The van der Waals surface area contributed by atoms with E-state index in [9.17, 15) is 10.1 Å². The summed E-state index contributed by atoms with van der Waals surface area (Å²) in [6.07, 6.45) is 0.706. The molecule has 0 aliphatic carbocycles. The number of rotatable bonds is 4. The van der Waals surface area contributed by atoms with Crippen molar-refractivity contribution in [1.82, 2.24) is 5.32 Å². The molecule has 1 rings (SSSR count). The van der Waals surface area contributed by atoms with E-state index < -0.39 is 4.92 Å². The Bertz CT molecular complexity index is 431. The van der Waals surface area contributed by atoms with Crippen molar-refractivity contribution in [2.45, 2.75) is 34.1 Å². The van der Waals surface area contributed by atoms with Crippen LogP contribution in [0.25, 0.3) is 0 Å². The van der Waals surface area contributed by atoms with Crippen molar-refractivity contribution in [2.75, 3.05) is 24.6 Å².